The zero-order chi connectivity index (χ0) is 18.8. The molecule has 0 aromatic heterocycles. The normalized spacial score (nSPS) is 12.2. The first-order valence-electron chi connectivity index (χ1n) is 7.49. The van der Waals surface area contributed by atoms with Gasteiger partial charge in [0.25, 0.3) is 10.1 Å². The van der Waals surface area contributed by atoms with Crippen LogP contribution in [0.5, 0.6) is 0 Å². The van der Waals surface area contributed by atoms with Gasteiger partial charge in [0.05, 0.1) is 16.5 Å². The van der Waals surface area contributed by atoms with Crippen LogP contribution in [0.15, 0.2) is 47.4 Å². The second-order valence-electron chi connectivity index (χ2n) is 6.76. The Bertz CT molecular complexity index is 900. The van der Waals surface area contributed by atoms with Gasteiger partial charge >= 0.3 is 0 Å². The highest BCUT2D eigenvalue weighted by molar-refractivity contribution is 7.86. The molecular formula is C18H18Cl2O4S. The first kappa shape index (κ1) is 19.9. The van der Waals surface area contributed by atoms with E-state index in [1.54, 1.807) is 6.07 Å². The average molecular weight is 401 g/mol. The molecule has 0 aliphatic heterocycles. The minimum atomic E-state index is -3.96. The van der Waals surface area contributed by atoms with Crippen molar-refractivity contribution in [1.82, 2.24) is 0 Å². The summed E-state index contributed by atoms with van der Waals surface area (Å²) in [7, 11) is -3.96. The van der Waals surface area contributed by atoms with Gasteiger partial charge in [-0.1, -0.05) is 56.1 Å². The molecule has 0 atom stereocenters. The number of carbonyl (C=O) groups excluding carboxylic acids is 1. The van der Waals surface area contributed by atoms with Gasteiger partial charge in [0.15, 0.2) is 5.78 Å². The largest absolute Gasteiger partial charge is 0.297 e. The third-order valence-electron chi connectivity index (χ3n) is 3.21. The summed E-state index contributed by atoms with van der Waals surface area (Å²) in [5, 5.41) is 0.608. The second-order valence-corrected chi connectivity index (χ2v) is 9.22. The molecule has 2 aromatic carbocycles. The number of carbonyl (C=O) groups is 1. The lowest BCUT2D eigenvalue weighted by molar-refractivity contribution is 0.103. The van der Waals surface area contributed by atoms with Crippen molar-refractivity contribution < 1.29 is 17.4 Å². The summed E-state index contributed by atoms with van der Waals surface area (Å²) in [4.78, 5) is 12.6. The smallest absolute Gasteiger partial charge is 0.289 e. The number of hydrogen-bond donors (Lipinski definition) is 0. The molecule has 0 unspecified atom stereocenters. The van der Waals surface area contributed by atoms with Crippen LogP contribution in [0.3, 0.4) is 0 Å². The van der Waals surface area contributed by atoms with Gasteiger partial charge in [0.2, 0.25) is 0 Å². The second kappa shape index (κ2) is 7.46. The van der Waals surface area contributed by atoms with Crippen molar-refractivity contribution in [2.75, 3.05) is 6.61 Å². The number of hydrogen-bond acceptors (Lipinski definition) is 4. The van der Waals surface area contributed by atoms with Gasteiger partial charge in [-0.05, 0) is 35.7 Å². The van der Waals surface area contributed by atoms with E-state index < -0.39 is 15.9 Å². The maximum Gasteiger partial charge on any atom is 0.297 e. The van der Waals surface area contributed by atoms with E-state index in [1.807, 2.05) is 20.8 Å². The van der Waals surface area contributed by atoms with Crippen LogP contribution in [0.25, 0.3) is 0 Å². The number of benzene rings is 2. The van der Waals surface area contributed by atoms with Crippen molar-refractivity contribution in [1.29, 1.82) is 0 Å². The lowest BCUT2D eigenvalue weighted by atomic mass is 9.99. The summed E-state index contributed by atoms with van der Waals surface area (Å²) in [6, 6.07) is 10.2. The molecule has 2 rings (SSSR count). The Labute approximate surface area is 157 Å². The monoisotopic (exact) mass is 400 g/mol. The van der Waals surface area contributed by atoms with E-state index >= 15 is 0 Å². The van der Waals surface area contributed by atoms with Crippen molar-refractivity contribution in [2.45, 2.75) is 25.7 Å². The van der Waals surface area contributed by atoms with E-state index in [-0.39, 0.29) is 33.1 Å². The lowest BCUT2D eigenvalue weighted by Crippen LogP contribution is -2.19. The van der Waals surface area contributed by atoms with Crippen molar-refractivity contribution >= 4 is 39.1 Å². The van der Waals surface area contributed by atoms with Crippen LogP contribution in [-0.4, -0.2) is 20.8 Å². The fraction of sp³-hybridized carbons (Fsp3) is 0.278. The summed E-state index contributed by atoms with van der Waals surface area (Å²) in [6.07, 6.45) is 0. The van der Waals surface area contributed by atoms with Crippen LogP contribution in [0.4, 0.5) is 0 Å². The van der Waals surface area contributed by atoms with Crippen LogP contribution < -0.4 is 0 Å². The van der Waals surface area contributed by atoms with Crippen molar-refractivity contribution in [2.24, 2.45) is 5.41 Å². The number of ketones is 1. The highest BCUT2D eigenvalue weighted by Crippen LogP contribution is 2.25. The maximum absolute atomic E-state index is 12.6. The quantitative estimate of drug-likeness (QED) is 0.524. The molecule has 0 spiro atoms. The predicted octanol–water partition coefficient (Wildman–Crippen LogP) is 4.98. The van der Waals surface area contributed by atoms with Gasteiger partial charge < -0.3 is 0 Å². The Morgan fingerprint density at radius 1 is 1.08 bits per heavy atom. The van der Waals surface area contributed by atoms with Gasteiger partial charge in [-0.2, -0.15) is 8.42 Å². The lowest BCUT2D eigenvalue weighted by Gasteiger charge is -2.17. The summed E-state index contributed by atoms with van der Waals surface area (Å²) >= 11 is 12.0. The van der Waals surface area contributed by atoms with E-state index in [0.29, 0.717) is 5.02 Å². The molecule has 4 nitrogen and oxygen atoms in total. The van der Waals surface area contributed by atoms with Crippen LogP contribution >= 0.6 is 23.2 Å². The standard InChI is InChI=1S/C18H18Cl2O4S/c1-18(2,3)11-24-25(22,23)14-6-4-5-12(9-14)17(21)15-10-13(19)7-8-16(15)20/h4-10H,11H2,1-3H3. The molecule has 0 saturated heterocycles. The molecule has 0 heterocycles. The summed E-state index contributed by atoms with van der Waals surface area (Å²) in [6.45, 7) is 5.63. The van der Waals surface area contributed by atoms with Crippen LogP contribution in [0.1, 0.15) is 36.7 Å². The molecule has 0 saturated carbocycles. The zero-order valence-electron chi connectivity index (χ0n) is 14.0. The van der Waals surface area contributed by atoms with E-state index in [4.69, 9.17) is 27.4 Å². The molecule has 0 N–H and O–H groups in total. The molecule has 0 bridgehead atoms. The van der Waals surface area contributed by atoms with Crippen LogP contribution in [0, 0.1) is 5.41 Å². The van der Waals surface area contributed by atoms with Gasteiger partial charge in [-0.25, -0.2) is 0 Å². The van der Waals surface area contributed by atoms with Gasteiger partial charge in [-0.15, -0.1) is 0 Å². The minimum Gasteiger partial charge on any atom is -0.289 e. The highest BCUT2D eigenvalue weighted by atomic mass is 35.5. The molecule has 2 aromatic rings. The molecule has 0 fully saturated rings. The first-order valence-corrected chi connectivity index (χ1v) is 9.65. The molecule has 0 amide bonds. The molecule has 134 valence electrons. The molecule has 0 radical (unpaired) electrons. The summed E-state index contributed by atoms with van der Waals surface area (Å²) in [5.41, 5.74) is 0.0818. The number of rotatable bonds is 5. The molecular weight excluding hydrogens is 383 g/mol. The van der Waals surface area contributed by atoms with Gasteiger partial charge in [0.1, 0.15) is 0 Å². The van der Waals surface area contributed by atoms with E-state index in [0.717, 1.165) is 0 Å². The fourth-order valence-corrected chi connectivity index (χ4v) is 3.48. The Morgan fingerprint density at radius 2 is 1.76 bits per heavy atom. The van der Waals surface area contributed by atoms with E-state index in [1.165, 1.54) is 36.4 Å². The Hall–Kier alpha value is -1.40. The van der Waals surface area contributed by atoms with Crippen molar-refractivity contribution in [3.05, 3.63) is 63.6 Å². The van der Waals surface area contributed by atoms with Crippen molar-refractivity contribution in [3.63, 3.8) is 0 Å². The summed E-state index contributed by atoms with van der Waals surface area (Å²) < 4.78 is 29.7. The van der Waals surface area contributed by atoms with Crippen LogP contribution in [-0.2, 0) is 14.3 Å². The topological polar surface area (TPSA) is 60.4 Å². The van der Waals surface area contributed by atoms with Crippen LogP contribution in [0.2, 0.25) is 10.0 Å². The number of halogens is 2. The Morgan fingerprint density at radius 3 is 2.40 bits per heavy atom. The molecule has 7 heteroatoms. The average Bonchev–Trinajstić information content (AvgIpc) is 2.54. The van der Waals surface area contributed by atoms with E-state index in [9.17, 15) is 13.2 Å². The molecule has 0 aliphatic rings. The Balaban J connectivity index is 2.35. The predicted molar refractivity (Wildman–Crippen MR) is 98.9 cm³/mol. The van der Waals surface area contributed by atoms with Gasteiger partial charge in [0, 0.05) is 16.1 Å². The summed E-state index contributed by atoms with van der Waals surface area (Å²) in [5.74, 6) is -0.416. The zero-order valence-corrected chi connectivity index (χ0v) is 16.4. The third-order valence-corrected chi connectivity index (χ3v) is 5.03. The molecule has 25 heavy (non-hydrogen) atoms. The van der Waals surface area contributed by atoms with Crippen molar-refractivity contribution in [3.8, 4) is 0 Å². The third kappa shape index (κ3) is 5.28. The Kier molecular flexibility index (Phi) is 5.94. The maximum atomic E-state index is 12.6. The SMILES string of the molecule is CC(C)(C)COS(=O)(=O)c1cccc(C(=O)c2cc(Cl)ccc2Cl)c1. The van der Waals surface area contributed by atoms with Gasteiger partial charge in [-0.3, -0.25) is 8.98 Å². The highest BCUT2D eigenvalue weighted by Gasteiger charge is 2.22. The minimum absolute atomic E-state index is 0.0353. The molecule has 0 aliphatic carbocycles. The first-order chi connectivity index (χ1) is 11.5. The fourth-order valence-electron chi connectivity index (χ4n) is 1.94. The van der Waals surface area contributed by atoms with E-state index in [2.05, 4.69) is 0 Å².